The molecule has 428 valence electrons. The highest BCUT2D eigenvalue weighted by Crippen LogP contribution is 2.18. The van der Waals surface area contributed by atoms with Crippen molar-refractivity contribution in [3.63, 3.8) is 0 Å². The van der Waals surface area contributed by atoms with Gasteiger partial charge in [-0.1, -0.05) is 313 Å². The highest BCUT2D eigenvalue weighted by Gasteiger charge is 2.18. The molecule has 0 saturated heterocycles. The summed E-state index contributed by atoms with van der Waals surface area (Å²) in [5, 5.41) is 23.1. The molecular formula is C67H125NO5. The van der Waals surface area contributed by atoms with E-state index >= 15 is 0 Å². The third kappa shape index (κ3) is 58.9. The number of allylic oxidation sites excluding steroid dienone is 7. The van der Waals surface area contributed by atoms with Gasteiger partial charge in [-0.3, -0.25) is 9.59 Å². The van der Waals surface area contributed by atoms with Crippen LogP contribution in [0.2, 0.25) is 0 Å². The van der Waals surface area contributed by atoms with Crippen molar-refractivity contribution in [1.82, 2.24) is 5.32 Å². The predicted octanol–water partition coefficient (Wildman–Crippen LogP) is 20.5. The minimum Gasteiger partial charge on any atom is -0.466 e. The number of nitrogens with one attached hydrogen (secondary N) is 1. The first-order valence-corrected chi connectivity index (χ1v) is 32.4. The maximum absolute atomic E-state index is 12.5. The van der Waals surface area contributed by atoms with Crippen LogP contribution in [0.4, 0.5) is 0 Å². The van der Waals surface area contributed by atoms with Crippen molar-refractivity contribution in [2.45, 2.75) is 353 Å². The Kier molecular flexibility index (Phi) is 60.5. The molecule has 73 heavy (non-hydrogen) atoms. The molecule has 6 heteroatoms. The lowest BCUT2D eigenvalue weighted by atomic mass is 10.0. The molecule has 0 aromatic rings. The van der Waals surface area contributed by atoms with Crippen molar-refractivity contribution < 1.29 is 24.5 Å². The maximum atomic E-state index is 12.5. The zero-order chi connectivity index (χ0) is 52.9. The van der Waals surface area contributed by atoms with Crippen molar-refractivity contribution in [3.05, 3.63) is 48.6 Å². The summed E-state index contributed by atoms with van der Waals surface area (Å²) in [6.07, 6.45) is 80.2. The van der Waals surface area contributed by atoms with Gasteiger partial charge in [0, 0.05) is 12.8 Å². The Morgan fingerprint density at radius 2 is 0.712 bits per heavy atom. The molecule has 0 rings (SSSR count). The van der Waals surface area contributed by atoms with Gasteiger partial charge in [0.1, 0.15) is 0 Å². The number of amides is 1. The molecule has 0 saturated carbocycles. The van der Waals surface area contributed by atoms with Gasteiger partial charge < -0.3 is 20.3 Å². The zero-order valence-electron chi connectivity index (χ0n) is 48.9. The normalized spacial score (nSPS) is 12.9. The molecular weight excluding hydrogens is 899 g/mol. The number of esters is 1. The van der Waals surface area contributed by atoms with Crippen LogP contribution in [0.15, 0.2) is 48.6 Å². The third-order valence-electron chi connectivity index (χ3n) is 14.8. The minimum atomic E-state index is -0.842. The molecule has 0 unspecified atom stereocenters. The Morgan fingerprint density at radius 3 is 1.11 bits per heavy atom. The van der Waals surface area contributed by atoms with E-state index in [1.807, 2.05) is 6.08 Å². The molecule has 0 aliphatic heterocycles. The van der Waals surface area contributed by atoms with Gasteiger partial charge in [-0.25, -0.2) is 0 Å². The largest absolute Gasteiger partial charge is 0.466 e. The molecule has 0 heterocycles. The van der Waals surface area contributed by atoms with Gasteiger partial charge in [0.2, 0.25) is 5.91 Å². The molecule has 0 spiro atoms. The molecule has 6 nitrogen and oxygen atoms in total. The van der Waals surface area contributed by atoms with E-state index < -0.39 is 12.1 Å². The summed E-state index contributed by atoms with van der Waals surface area (Å²) in [6, 6.07) is -0.625. The Labute approximate surface area is 455 Å². The summed E-state index contributed by atoms with van der Waals surface area (Å²) in [4.78, 5) is 24.5. The topological polar surface area (TPSA) is 95.9 Å². The molecule has 1 amide bonds. The van der Waals surface area contributed by atoms with E-state index in [9.17, 15) is 19.8 Å². The van der Waals surface area contributed by atoms with Crippen molar-refractivity contribution >= 4 is 11.9 Å². The molecule has 2 atom stereocenters. The highest BCUT2D eigenvalue weighted by molar-refractivity contribution is 5.76. The zero-order valence-corrected chi connectivity index (χ0v) is 48.9. The molecule has 0 aliphatic rings. The smallest absolute Gasteiger partial charge is 0.305 e. The van der Waals surface area contributed by atoms with Crippen LogP contribution >= 0.6 is 0 Å². The lowest BCUT2D eigenvalue weighted by Crippen LogP contribution is -2.45. The lowest BCUT2D eigenvalue weighted by Gasteiger charge is -2.20. The van der Waals surface area contributed by atoms with Crippen molar-refractivity contribution in [1.29, 1.82) is 0 Å². The summed E-state index contributed by atoms with van der Waals surface area (Å²) in [5.74, 6) is -0.0650. The maximum Gasteiger partial charge on any atom is 0.305 e. The van der Waals surface area contributed by atoms with Crippen molar-refractivity contribution in [2.75, 3.05) is 13.2 Å². The van der Waals surface area contributed by atoms with E-state index in [1.165, 1.54) is 250 Å². The van der Waals surface area contributed by atoms with E-state index in [-0.39, 0.29) is 18.5 Å². The molecule has 0 aliphatic carbocycles. The lowest BCUT2D eigenvalue weighted by molar-refractivity contribution is -0.143. The number of carbonyl (C=O) groups excluding carboxylic acids is 2. The van der Waals surface area contributed by atoms with Gasteiger partial charge in [0.05, 0.1) is 25.4 Å². The number of hydrogen-bond donors (Lipinski definition) is 3. The number of aliphatic hydroxyl groups excluding tert-OH is 2. The van der Waals surface area contributed by atoms with Gasteiger partial charge in [-0.15, -0.1) is 0 Å². The standard InChI is InChI=1S/C67H125NO5/c1-3-5-7-9-11-13-15-17-18-33-37-41-45-49-53-57-61-67(72)73-62-58-54-50-46-42-38-34-31-29-27-25-23-21-19-20-22-24-26-28-30-32-36-40-44-48-52-56-60-66(71)68-64(63-69)65(70)59-55-51-47-43-39-35-16-14-12-10-8-6-4-2/h7,9,13,15,18,33,55,59,64-65,69-70H,3-6,8,10-12,14,16-17,19-32,34-54,56-58,60-63H2,1-2H3,(H,68,71)/b9-7-,15-13-,33-18-,59-55+/t64-,65+/m0/s1. The second-order valence-electron chi connectivity index (χ2n) is 22.1. The van der Waals surface area contributed by atoms with E-state index in [4.69, 9.17) is 4.74 Å². The van der Waals surface area contributed by atoms with E-state index in [0.29, 0.717) is 19.4 Å². The Hall–Kier alpha value is -2.18. The summed E-state index contributed by atoms with van der Waals surface area (Å²) >= 11 is 0. The third-order valence-corrected chi connectivity index (χ3v) is 14.8. The van der Waals surface area contributed by atoms with Crippen LogP contribution < -0.4 is 5.32 Å². The number of ether oxygens (including phenoxy) is 1. The number of aliphatic hydroxyl groups is 2. The van der Waals surface area contributed by atoms with Crippen LogP contribution in [0.3, 0.4) is 0 Å². The summed E-state index contributed by atoms with van der Waals surface area (Å²) < 4.78 is 5.48. The fourth-order valence-electron chi connectivity index (χ4n) is 9.89. The predicted molar refractivity (Wildman–Crippen MR) is 319 cm³/mol. The molecule has 0 aromatic carbocycles. The SMILES string of the molecule is CCC/C=C\C/C=C\C/C=C\CCCCCCCC(=O)OCCCCCCCCCCCCCCCCCCCCCCCCCCCCCC(=O)N[C@@H](CO)[C@H](O)/C=C/CCCCCCCCCCCCC. The molecule has 0 radical (unpaired) electrons. The molecule has 0 bridgehead atoms. The summed E-state index contributed by atoms with van der Waals surface area (Å²) in [6.45, 7) is 4.84. The number of carbonyl (C=O) groups is 2. The van der Waals surface area contributed by atoms with Gasteiger partial charge in [0.15, 0.2) is 0 Å². The van der Waals surface area contributed by atoms with E-state index in [2.05, 4.69) is 55.6 Å². The van der Waals surface area contributed by atoms with Crippen LogP contribution in [0, 0.1) is 0 Å². The van der Waals surface area contributed by atoms with E-state index in [1.54, 1.807) is 6.08 Å². The van der Waals surface area contributed by atoms with Crippen LogP contribution in [0.1, 0.15) is 341 Å². The first kappa shape index (κ1) is 70.8. The molecule has 0 fully saturated rings. The Morgan fingerprint density at radius 1 is 0.384 bits per heavy atom. The monoisotopic (exact) mass is 1020 g/mol. The Bertz CT molecular complexity index is 1230. The molecule has 3 N–H and O–H groups in total. The minimum absolute atomic E-state index is 0.000101. The van der Waals surface area contributed by atoms with Gasteiger partial charge in [0.25, 0.3) is 0 Å². The first-order chi connectivity index (χ1) is 36.0. The van der Waals surface area contributed by atoms with Crippen LogP contribution in [0.25, 0.3) is 0 Å². The highest BCUT2D eigenvalue weighted by atomic mass is 16.5. The second kappa shape index (κ2) is 62.4. The van der Waals surface area contributed by atoms with Crippen LogP contribution in [-0.2, 0) is 14.3 Å². The number of rotatable bonds is 60. The van der Waals surface area contributed by atoms with Crippen molar-refractivity contribution in [3.8, 4) is 0 Å². The number of hydrogen-bond acceptors (Lipinski definition) is 5. The van der Waals surface area contributed by atoms with Crippen LogP contribution in [-0.4, -0.2) is 47.4 Å². The number of unbranched alkanes of at least 4 members (excludes halogenated alkanes) is 43. The fourth-order valence-corrected chi connectivity index (χ4v) is 9.89. The summed E-state index contributed by atoms with van der Waals surface area (Å²) in [5.41, 5.74) is 0. The first-order valence-electron chi connectivity index (χ1n) is 32.4. The average molecular weight is 1020 g/mol. The van der Waals surface area contributed by atoms with Crippen LogP contribution in [0.5, 0.6) is 0 Å². The van der Waals surface area contributed by atoms with E-state index in [0.717, 1.165) is 64.2 Å². The second-order valence-corrected chi connectivity index (χ2v) is 22.1. The molecule has 0 aromatic heterocycles. The Balaban J connectivity index is 3.36. The quantitative estimate of drug-likeness (QED) is 0.0320. The van der Waals surface area contributed by atoms with Crippen molar-refractivity contribution in [2.24, 2.45) is 0 Å². The average Bonchev–Trinajstić information content (AvgIpc) is 3.39. The van der Waals surface area contributed by atoms with Gasteiger partial charge in [-0.2, -0.15) is 0 Å². The van der Waals surface area contributed by atoms with Gasteiger partial charge >= 0.3 is 5.97 Å². The van der Waals surface area contributed by atoms with Gasteiger partial charge in [-0.05, 0) is 64.2 Å². The fraction of sp³-hybridized carbons (Fsp3) is 0.851. The summed E-state index contributed by atoms with van der Waals surface area (Å²) in [7, 11) is 0.